The fraction of sp³-hybridized carbons (Fsp3) is 1.00. The van der Waals surface area contributed by atoms with E-state index in [-0.39, 0.29) is 0 Å². The first-order valence-corrected chi connectivity index (χ1v) is 3.36. The lowest BCUT2D eigenvalue weighted by Gasteiger charge is -2.26. The number of nitrogens with one attached hydrogen (secondary N) is 1. The maximum atomic E-state index is 11.6. The van der Waals surface area contributed by atoms with Crippen LogP contribution in [0.4, 0.5) is 13.2 Å². The average molecular weight is 187 g/mol. The second-order valence-corrected chi connectivity index (χ2v) is 2.85. The van der Waals surface area contributed by atoms with Gasteiger partial charge in [-0.25, -0.2) is 0 Å². The summed E-state index contributed by atoms with van der Waals surface area (Å²) in [5, 5.41) is 19.2. The van der Waals surface area contributed by atoms with Gasteiger partial charge >= 0.3 is 6.18 Å². The Hall–Kier alpha value is -0.330. The molecule has 0 aliphatic heterocycles. The van der Waals surface area contributed by atoms with Crippen LogP contribution >= 0.6 is 0 Å². The highest BCUT2D eigenvalue weighted by atomic mass is 19.4. The molecule has 0 radical (unpaired) electrons. The number of alkyl halides is 3. The summed E-state index contributed by atoms with van der Waals surface area (Å²) in [7, 11) is 0. The third-order valence-corrected chi connectivity index (χ3v) is 1.41. The summed E-state index contributed by atoms with van der Waals surface area (Å²) in [6.07, 6.45) is -4.33. The first-order valence-electron chi connectivity index (χ1n) is 3.36. The van der Waals surface area contributed by atoms with Gasteiger partial charge in [-0.3, -0.25) is 5.32 Å². The summed E-state index contributed by atoms with van der Waals surface area (Å²) in [5.41, 5.74) is -1.27. The lowest BCUT2D eigenvalue weighted by molar-refractivity contribution is -0.130. The highest BCUT2D eigenvalue weighted by Gasteiger charge is 2.31. The van der Waals surface area contributed by atoms with E-state index in [9.17, 15) is 13.2 Å². The van der Waals surface area contributed by atoms with Crippen LogP contribution in [0, 0.1) is 0 Å². The molecule has 0 atom stereocenters. The van der Waals surface area contributed by atoms with E-state index in [2.05, 4.69) is 0 Å². The topological polar surface area (TPSA) is 52.5 Å². The van der Waals surface area contributed by atoms with Crippen LogP contribution in [-0.4, -0.2) is 41.7 Å². The number of halogens is 3. The van der Waals surface area contributed by atoms with Crippen LogP contribution in [0.2, 0.25) is 0 Å². The van der Waals surface area contributed by atoms with Crippen LogP contribution in [0.15, 0.2) is 0 Å². The molecule has 0 aliphatic carbocycles. The van der Waals surface area contributed by atoms with Gasteiger partial charge in [0.15, 0.2) is 0 Å². The zero-order chi connectivity index (χ0) is 9.83. The van der Waals surface area contributed by atoms with E-state index in [1.807, 2.05) is 5.32 Å². The van der Waals surface area contributed by atoms with E-state index in [1.54, 1.807) is 0 Å². The molecule has 0 bridgehead atoms. The van der Waals surface area contributed by atoms with Crippen molar-refractivity contribution in [3.8, 4) is 0 Å². The smallest absolute Gasteiger partial charge is 0.394 e. The first kappa shape index (κ1) is 11.7. The molecule has 0 saturated carbocycles. The molecular weight excluding hydrogens is 175 g/mol. The lowest BCUT2D eigenvalue weighted by Crippen LogP contribution is -2.52. The third kappa shape index (κ3) is 4.53. The maximum absolute atomic E-state index is 11.6. The van der Waals surface area contributed by atoms with E-state index in [4.69, 9.17) is 10.2 Å². The minimum atomic E-state index is -4.33. The molecule has 74 valence electrons. The Morgan fingerprint density at radius 3 is 1.83 bits per heavy atom. The maximum Gasteiger partial charge on any atom is 0.401 e. The van der Waals surface area contributed by atoms with Gasteiger partial charge in [-0.05, 0) is 6.92 Å². The summed E-state index contributed by atoms with van der Waals surface area (Å²) in [6, 6.07) is 0. The summed E-state index contributed by atoms with van der Waals surface area (Å²) >= 11 is 0. The molecular formula is C6H12F3NO2. The lowest BCUT2D eigenvalue weighted by atomic mass is 10.1. The predicted octanol–water partition coefficient (Wildman–Crippen LogP) is -0.118. The predicted molar refractivity (Wildman–Crippen MR) is 36.6 cm³/mol. The second-order valence-electron chi connectivity index (χ2n) is 2.85. The molecule has 0 amide bonds. The van der Waals surface area contributed by atoms with Crippen LogP contribution in [0.5, 0.6) is 0 Å². The van der Waals surface area contributed by atoms with Crippen molar-refractivity contribution in [3.63, 3.8) is 0 Å². The van der Waals surface area contributed by atoms with Gasteiger partial charge in [0, 0.05) is 0 Å². The molecule has 3 nitrogen and oxygen atoms in total. The van der Waals surface area contributed by atoms with Gasteiger partial charge in [-0.15, -0.1) is 0 Å². The molecule has 0 unspecified atom stereocenters. The molecule has 0 fully saturated rings. The van der Waals surface area contributed by atoms with E-state index >= 15 is 0 Å². The zero-order valence-corrected chi connectivity index (χ0v) is 6.65. The van der Waals surface area contributed by atoms with Crippen molar-refractivity contribution in [3.05, 3.63) is 0 Å². The second kappa shape index (κ2) is 4.06. The summed E-state index contributed by atoms with van der Waals surface area (Å²) in [6.45, 7) is -0.998. The SMILES string of the molecule is CC(CO)(CO)NCC(F)(F)F. The number of aliphatic hydroxyl groups excluding tert-OH is 2. The van der Waals surface area contributed by atoms with Crippen LogP contribution < -0.4 is 5.32 Å². The highest BCUT2D eigenvalue weighted by Crippen LogP contribution is 2.14. The Morgan fingerprint density at radius 2 is 1.58 bits per heavy atom. The molecule has 0 spiro atoms. The molecule has 0 heterocycles. The summed E-state index contributed by atoms with van der Waals surface area (Å²) in [4.78, 5) is 0. The zero-order valence-electron chi connectivity index (χ0n) is 6.65. The Labute approximate surface area is 68.2 Å². The van der Waals surface area contributed by atoms with Crippen molar-refractivity contribution >= 4 is 0 Å². The first-order chi connectivity index (χ1) is 5.33. The van der Waals surface area contributed by atoms with Crippen LogP contribution in [0.3, 0.4) is 0 Å². The number of rotatable bonds is 4. The van der Waals surface area contributed by atoms with Gasteiger partial charge in [-0.1, -0.05) is 0 Å². The van der Waals surface area contributed by atoms with Gasteiger partial charge < -0.3 is 10.2 Å². The van der Waals surface area contributed by atoms with Crippen molar-refractivity contribution in [2.24, 2.45) is 0 Å². The van der Waals surface area contributed by atoms with Crippen molar-refractivity contribution in [2.45, 2.75) is 18.6 Å². The van der Waals surface area contributed by atoms with E-state index in [0.717, 1.165) is 0 Å². The standard InChI is InChI=1S/C6H12F3NO2/c1-5(3-11,4-12)10-2-6(7,8)9/h10-12H,2-4H2,1H3. The van der Waals surface area contributed by atoms with Gasteiger partial charge in [0.2, 0.25) is 0 Å². The van der Waals surface area contributed by atoms with E-state index < -0.39 is 31.5 Å². The Bertz CT molecular complexity index is 133. The third-order valence-electron chi connectivity index (χ3n) is 1.41. The minimum absolute atomic E-state index is 0.542. The summed E-state index contributed by atoms with van der Waals surface area (Å²) < 4.78 is 34.9. The minimum Gasteiger partial charge on any atom is -0.394 e. The fourth-order valence-corrected chi connectivity index (χ4v) is 0.475. The molecule has 6 heteroatoms. The molecule has 12 heavy (non-hydrogen) atoms. The van der Waals surface area contributed by atoms with Gasteiger partial charge in [-0.2, -0.15) is 13.2 Å². The molecule has 3 N–H and O–H groups in total. The molecule has 0 aliphatic rings. The summed E-state index contributed by atoms with van der Waals surface area (Å²) in [5.74, 6) is 0. The van der Waals surface area contributed by atoms with Crippen LogP contribution in [-0.2, 0) is 0 Å². The van der Waals surface area contributed by atoms with E-state index in [1.165, 1.54) is 6.92 Å². The average Bonchev–Trinajstić information content (AvgIpc) is 1.99. The normalized spacial score (nSPS) is 13.5. The quantitative estimate of drug-likeness (QED) is 0.575. The molecule has 0 aromatic heterocycles. The number of hydrogen-bond acceptors (Lipinski definition) is 3. The van der Waals surface area contributed by atoms with Crippen molar-refractivity contribution < 1.29 is 23.4 Å². The monoisotopic (exact) mass is 187 g/mol. The van der Waals surface area contributed by atoms with E-state index in [0.29, 0.717) is 0 Å². The fourth-order valence-electron chi connectivity index (χ4n) is 0.475. The van der Waals surface area contributed by atoms with Crippen molar-refractivity contribution in [2.75, 3.05) is 19.8 Å². The Balaban J connectivity index is 3.89. The Morgan fingerprint density at radius 1 is 1.17 bits per heavy atom. The van der Waals surface area contributed by atoms with Crippen molar-refractivity contribution in [1.29, 1.82) is 0 Å². The molecule has 0 saturated heterocycles. The number of hydrogen-bond donors (Lipinski definition) is 3. The van der Waals surface area contributed by atoms with Crippen molar-refractivity contribution in [1.82, 2.24) is 5.32 Å². The van der Waals surface area contributed by atoms with Gasteiger partial charge in [0.1, 0.15) is 0 Å². The van der Waals surface area contributed by atoms with Crippen LogP contribution in [0.25, 0.3) is 0 Å². The molecule has 0 aromatic rings. The Kier molecular flexibility index (Phi) is 3.95. The molecule has 0 rings (SSSR count). The highest BCUT2D eigenvalue weighted by molar-refractivity contribution is 4.82. The van der Waals surface area contributed by atoms with Gasteiger partial charge in [0.25, 0.3) is 0 Å². The number of aliphatic hydroxyl groups is 2. The van der Waals surface area contributed by atoms with Crippen LogP contribution in [0.1, 0.15) is 6.92 Å². The van der Waals surface area contributed by atoms with Gasteiger partial charge in [0.05, 0.1) is 25.3 Å². The largest absolute Gasteiger partial charge is 0.401 e. The molecule has 0 aromatic carbocycles.